The fourth-order valence-corrected chi connectivity index (χ4v) is 3.94. The van der Waals surface area contributed by atoms with Crippen molar-refractivity contribution in [1.29, 1.82) is 0 Å². The summed E-state index contributed by atoms with van der Waals surface area (Å²) in [6.45, 7) is 2.11. The molecule has 3 rings (SSSR count). The second-order valence-corrected chi connectivity index (χ2v) is 6.99. The van der Waals surface area contributed by atoms with Gasteiger partial charge in [0.1, 0.15) is 0 Å². The molecule has 1 amide bonds. The third kappa shape index (κ3) is 3.31. The van der Waals surface area contributed by atoms with Gasteiger partial charge < -0.3 is 4.90 Å². The summed E-state index contributed by atoms with van der Waals surface area (Å²) in [6.07, 6.45) is 0.945. The quantitative estimate of drug-likeness (QED) is 0.819. The van der Waals surface area contributed by atoms with Crippen molar-refractivity contribution < 1.29 is 4.79 Å². The van der Waals surface area contributed by atoms with Crippen LogP contribution in [0.2, 0.25) is 5.02 Å². The van der Waals surface area contributed by atoms with Crippen molar-refractivity contribution in [2.45, 2.75) is 25.1 Å². The van der Waals surface area contributed by atoms with E-state index in [9.17, 15) is 4.79 Å². The van der Waals surface area contributed by atoms with Crippen LogP contribution in [0, 0.1) is 0 Å². The molecule has 0 saturated carbocycles. The highest BCUT2D eigenvalue weighted by Crippen LogP contribution is 2.32. The molecule has 0 spiro atoms. The Morgan fingerprint density at radius 2 is 2.09 bits per heavy atom. The number of para-hydroxylation sites is 1. The summed E-state index contributed by atoms with van der Waals surface area (Å²) in [5, 5.41) is 0.742. The lowest BCUT2D eigenvalue weighted by Gasteiger charge is -2.22. The highest BCUT2D eigenvalue weighted by Gasteiger charge is 2.30. The minimum atomic E-state index is 0.185. The van der Waals surface area contributed by atoms with E-state index >= 15 is 0 Å². The lowest BCUT2D eigenvalue weighted by Crippen LogP contribution is -2.37. The van der Waals surface area contributed by atoms with E-state index in [0.29, 0.717) is 5.75 Å². The highest BCUT2D eigenvalue weighted by atomic mass is 35.5. The van der Waals surface area contributed by atoms with Crippen LogP contribution in [0.4, 0.5) is 5.69 Å². The van der Waals surface area contributed by atoms with Crippen LogP contribution in [-0.4, -0.2) is 17.7 Å². The first-order chi connectivity index (χ1) is 10.6. The van der Waals surface area contributed by atoms with Crippen molar-refractivity contribution in [2.75, 3.05) is 10.7 Å². The van der Waals surface area contributed by atoms with Crippen LogP contribution in [0.15, 0.2) is 48.5 Å². The Morgan fingerprint density at radius 3 is 2.91 bits per heavy atom. The molecule has 114 valence electrons. The Hall–Kier alpha value is -1.45. The molecule has 0 saturated heterocycles. The largest absolute Gasteiger partial charge is 0.308 e. The third-order valence-corrected chi connectivity index (χ3v) is 5.08. The molecule has 1 aliphatic rings. The monoisotopic (exact) mass is 331 g/mol. The van der Waals surface area contributed by atoms with Gasteiger partial charge in [-0.1, -0.05) is 41.9 Å². The molecule has 0 aromatic heterocycles. The average molecular weight is 332 g/mol. The number of fused-ring (bicyclic) bond motifs is 1. The van der Waals surface area contributed by atoms with Gasteiger partial charge >= 0.3 is 0 Å². The molecule has 0 N–H and O–H groups in total. The number of thioether (sulfide) groups is 1. The van der Waals surface area contributed by atoms with Crippen molar-refractivity contribution in [1.82, 2.24) is 0 Å². The van der Waals surface area contributed by atoms with Crippen LogP contribution in [0.1, 0.15) is 18.1 Å². The van der Waals surface area contributed by atoms with E-state index < -0.39 is 0 Å². The number of benzene rings is 2. The lowest BCUT2D eigenvalue weighted by molar-refractivity contribution is -0.116. The second kappa shape index (κ2) is 6.76. The van der Waals surface area contributed by atoms with Gasteiger partial charge in [0.05, 0.1) is 5.75 Å². The van der Waals surface area contributed by atoms with E-state index in [0.717, 1.165) is 28.4 Å². The summed E-state index contributed by atoms with van der Waals surface area (Å²) in [5.74, 6) is 1.48. The molecule has 4 heteroatoms. The maximum Gasteiger partial charge on any atom is 0.237 e. The molecular weight excluding hydrogens is 314 g/mol. The van der Waals surface area contributed by atoms with Gasteiger partial charge in [-0.3, -0.25) is 4.79 Å². The standard InChI is InChI=1S/C18H18ClNOS/c1-13-9-15-6-2-3-8-17(15)20(13)18(21)12-22-11-14-5-4-7-16(19)10-14/h2-8,10,13H,9,11-12H2,1H3. The molecule has 1 aliphatic heterocycles. The molecule has 1 unspecified atom stereocenters. The van der Waals surface area contributed by atoms with Crippen LogP contribution in [0.5, 0.6) is 0 Å². The molecule has 0 aliphatic carbocycles. The van der Waals surface area contributed by atoms with E-state index in [4.69, 9.17) is 11.6 Å². The normalized spacial score (nSPS) is 16.6. The minimum absolute atomic E-state index is 0.185. The maximum absolute atomic E-state index is 12.6. The first-order valence-electron chi connectivity index (χ1n) is 7.37. The smallest absolute Gasteiger partial charge is 0.237 e. The van der Waals surface area contributed by atoms with Crippen molar-refractivity contribution in [3.05, 3.63) is 64.7 Å². The first-order valence-corrected chi connectivity index (χ1v) is 8.90. The SMILES string of the molecule is CC1Cc2ccccc2N1C(=O)CSCc1cccc(Cl)c1. The van der Waals surface area contributed by atoms with Gasteiger partial charge in [-0.25, -0.2) is 0 Å². The molecule has 2 aromatic carbocycles. The molecule has 0 bridgehead atoms. The molecule has 1 atom stereocenters. The Labute approximate surface area is 140 Å². The van der Waals surface area contributed by atoms with Gasteiger partial charge in [0, 0.05) is 22.5 Å². The number of carbonyl (C=O) groups is 1. The van der Waals surface area contributed by atoms with E-state index in [1.165, 1.54) is 5.56 Å². The number of hydrogen-bond acceptors (Lipinski definition) is 2. The van der Waals surface area contributed by atoms with E-state index in [2.05, 4.69) is 13.0 Å². The number of amides is 1. The van der Waals surface area contributed by atoms with Gasteiger partial charge in [-0.05, 0) is 42.7 Å². The molecule has 0 radical (unpaired) electrons. The summed E-state index contributed by atoms with van der Waals surface area (Å²) < 4.78 is 0. The number of hydrogen-bond donors (Lipinski definition) is 0. The Bertz CT molecular complexity index is 688. The molecule has 22 heavy (non-hydrogen) atoms. The van der Waals surface area contributed by atoms with E-state index in [-0.39, 0.29) is 11.9 Å². The number of halogens is 1. The van der Waals surface area contributed by atoms with Crippen LogP contribution in [0.3, 0.4) is 0 Å². The predicted molar refractivity (Wildman–Crippen MR) is 94.7 cm³/mol. The van der Waals surface area contributed by atoms with Crippen molar-refractivity contribution >= 4 is 35.0 Å². The number of anilines is 1. The molecule has 1 heterocycles. The fourth-order valence-electron chi connectivity index (χ4n) is 2.90. The van der Waals surface area contributed by atoms with Crippen LogP contribution >= 0.6 is 23.4 Å². The summed E-state index contributed by atoms with van der Waals surface area (Å²) in [7, 11) is 0. The summed E-state index contributed by atoms with van der Waals surface area (Å²) in [6, 6.07) is 16.2. The Kier molecular flexibility index (Phi) is 4.74. The average Bonchev–Trinajstić information content (AvgIpc) is 2.83. The van der Waals surface area contributed by atoms with Gasteiger partial charge in [0.15, 0.2) is 0 Å². The van der Waals surface area contributed by atoms with Crippen LogP contribution in [-0.2, 0) is 17.0 Å². The minimum Gasteiger partial charge on any atom is -0.308 e. The zero-order valence-corrected chi connectivity index (χ0v) is 14.0. The van der Waals surface area contributed by atoms with E-state index in [1.807, 2.05) is 47.4 Å². The fraction of sp³-hybridized carbons (Fsp3) is 0.278. The molecular formula is C18H18ClNOS. The van der Waals surface area contributed by atoms with Gasteiger partial charge in [0.2, 0.25) is 5.91 Å². The predicted octanol–water partition coefficient (Wildman–Crippen LogP) is 4.55. The summed E-state index contributed by atoms with van der Waals surface area (Å²) in [4.78, 5) is 14.5. The zero-order chi connectivity index (χ0) is 15.5. The van der Waals surface area contributed by atoms with Gasteiger partial charge in [-0.15, -0.1) is 11.8 Å². The van der Waals surface area contributed by atoms with Crippen molar-refractivity contribution in [3.8, 4) is 0 Å². The van der Waals surface area contributed by atoms with Crippen molar-refractivity contribution in [3.63, 3.8) is 0 Å². The summed E-state index contributed by atoms with van der Waals surface area (Å²) >= 11 is 7.62. The lowest BCUT2D eigenvalue weighted by atomic mass is 10.1. The first kappa shape index (κ1) is 15.4. The van der Waals surface area contributed by atoms with Crippen LogP contribution < -0.4 is 4.90 Å². The van der Waals surface area contributed by atoms with Gasteiger partial charge in [0.25, 0.3) is 0 Å². The van der Waals surface area contributed by atoms with Crippen LogP contribution in [0.25, 0.3) is 0 Å². The van der Waals surface area contributed by atoms with E-state index in [1.54, 1.807) is 11.8 Å². The number of rotatable bonds is 4. The number of nitrogens with zero attached hydrogens (tertiary/aromatic N) is 1. The Morgan fingerprint density at radius 1 is 1.27 bits per heavy atom. The molecule has 2 nitrogen and oxygen atoms in total. The van der Waals surface area contributed by atoms with Crippen molar-refractivity contribution in [2.24, 2.45) is 0 Å². The Balaban J connectivity index is 1.61. The highest BCUT2D eigenvalue weighted by molar-refractivity contribution is 7.99. The summed E-state index contributed by atoms with van der Waals surface area (Å²) in [5.41, 5.74) is 3.49. The zero-order valence-electron chi connectivity index (χ0n) is 12.5. The molecule has 0 fully saturated rings. The molecule has 2 aromatic rings. The number of carbonyl (C=O) groups excluding carboxylic acids is 1. The second-order valence-electron chi connectivity index (χ2n) is 5.57. The maximum atomic E-state index is 12.6. The van der Waals surface area contributed by atoms with Gasteiger partial charge in [-0.2, -0.15) is 0 Å². The topological polar surface area (TPSA) is 20.3 Å². The third-order valence-electron chi connectivity index (χ3n) is 3.86.